The molecule has 1 aliphatic heterocycles. The summed E-state index contributed by atoms with van der Waals surface area (Å²) in [6, 6.07) is 8.98. The minimum absolute atomic E-state index is 0.0450. The maximum atomic E-state index is 13.5. The van der Waals surface area contributed by atoms with Crippen molar-refractivity contribution in [2.75, 3.05) is 13.2 Å². The molecule has 0 atom stereocenters. The highest BCUT2D eigenvalue weighted by atomic mass is 32.2. The highest BCUT2D eigenvalue weighted by Gasteiger charge is 2.30. The van der Waals surface area contributed by atoms with Crippen molar-refractivity contribution in [3.05, 3.63) is 47.8 Å². The Labute approximate surface area is 141 Å². The molecule has 0 fully saturated rings. The van der Waals surface area contributed by atoms with Gasteiger partial charge < -0.3 is 4.74 Å². The second kappa shape index (κ2) is 5.76. The molecule has 9 heteroatoms. The Hall–Kier alpha value is -2.10. The number of hydrogen-bond acceptors (Lipinski definition) is 6. The first-order valence-corrected chi connectivity index (χ1v) is 9.35. The fourth-order valence-electron chi connectivity index (χ4n) is 2.67. The van der Waals surface area contributed by atoms with E-state index >= 15 is 0 Å². The fourth-order valence-corrected chi connectivity index (χ4v) is 4.83. The van der Waals surface area contributed by atoms with Gasteiger partial charge >= 0.3 is 0 Å². The van der Waals surface area contributed by atoms with Crippen molar-refractivity contribution in [3.8, 4) is 5.75 Å². The third kappa shape index (κ3) is 2.54. The highest BCUT2D eigenvalue weighted by Crippen LogP contribution is 2.29. The number of halogens is 1. The lowest BCUT2D eigenvalue weighted by Gasteiger charge is -2.19. The van der Waals surface area contributed by atoms with Crippen molar-refractivity contribution in [1.82, 2.24) is 13.1 Å². The van der Waals surface area contributed by atoms with Gasteiger partial charge in [-0.05, 0) is 30.3 Å². The van der Waals surface area contributed by atoms with Crippen LogP contribution in [-0.2, 0) is 16.6 Å². The van der Waals surface area contributed by atoms with E-state index in [0.29, 0.717) is 22.3 Å². The lowest BCUT2D eigenvalue weighted by Crippen LogP contribution is -2.32. The smallest absolute Gasteiger partial charge is 0.245 e. The van der Waals surface area contributed by atoms with Gasteiger partial charge in [0.05, 0.1) is 11.7 Å². The van der Waals surface area contributed by atoms with E-state index in [1.807, 2.05) is 0 Å². The number of aromatic nitrogens is 2. The fraction of sp³-hybridized carbons (Fsp3) is 0.200. The van der Waals surface area contributed by atoms with Crippen molar-refractivity contribution in [2.24, 2.45) is 0 Å². The van der Waals surface area contributed by atoms with Gasteiger partial charge in [0.25, 0.3) is 0 Å². The number of rotatable bonds is 2. The summed E-state index contributed by atoms with van der Waals surface area (Å²) in [4.78, 5) is 0.105. The number of benzene rings is 2. The molecule has 0 unspecified atom stereocenters. The highest BCUT2D eigenvalue weighted by molar-refractivity contribution is 7.89. The molecule has 0 aliphatic carbocycles. The predicted molar refractivity (Wildman–Crippen MR) is 86.9 cm³/mol. The third-order valence-electron chi connectivity index (χ3n) is 3.83. The van der Waals surface area contributed by atoms with Gasteiger partial charge in [-0.1, -0.05) is 6.07 Å². The maximum Gasteiger partial charge on any atom is 0.245 e. The van der Waals surface area contributed by atoms with Gasteiger partial charge in [0, 0.05) is 18.7 Å². The summed E-state index contributed by atoms with van der Waals surface area (Å²) in [7, 11) is -3.80. The van der Waals surface area contributed by atoms with Crippen LogP contribution < -0.4 is 4.74 Å². The Morgan fingerprint density at radius 3 is 2.96 bits per heavy atom. The van der Waals surface area contributed by atoms with Crippen LogP contribution in [0.15, 0.2) is 41.3 Å². The molecule has 6 nitrogen and oxygen atoms in total. The van der Waals surface area contributed by atoms with E-state index in [-0.39, 0.29) is 24.6 Å². The normalized spacial score (nSPS) is 15.7. The summed E-state index contributed by atoms with van der Waals surface area (Å²) in [5, 5.41) is 0. The van der Waals surface area contributed by atoms with Crippen LogP contribution in [0.5, 0.6) is 5.75 Å². The average Bonchev–Trinajstić information content (AvgIpc) is 2.93. The number of nitrogens with zero attached hydrogens (tertiary/aromatic N) is 3. The van der Waals surface area contributed by atoms with Crippen LogP contribution >= 0.6 is 11.7 Å². The molecule has 3 aromatic rings. The summed E-state index contributed by atoms with van der Waals surface area (Å²) in [6.45, 7) is 0.416. The minimum atomic E-state index is -3.80. The van der Waals surface area contributed by atoms with Crippen LogP contribution in [0.3, 0.4) is 0 Å². The molecule has 0 spiro atoms. The first-order chi connectivity index (χ1) is 11.6. The lowest BCUT2D eigenvalue weighted by atomic mass is 10.2. The van der Waals surface area contributed by atoms with Crippen molar-refractivity contribution < 1.29 is 17.5 Å². The van der Waals surface area contributed by atoms with Gasteiger partial charge in [0.1, 0.15) is 34.1 Å². The van der Waals surface area contributed by atoms with Gasteiger partial charge in [0.15, 0.2) is 0 Å². The summed E-state index contributed by atoms with van der Waals surface area (Å²) < 4.78 is 54.6. The molecule has 0 amide bonds. The van der Waals surface area contributed by atoms with E-state index in [0.717, 1.165) is 11.7 Å². The second-order valence-corrected chi connectivity index (χ2v) is 7.76. The predicted octanol–water partition coefficient (Wildman–Crippen LogP) is 2.41. The minimum Gasteiger partial charge on any atom is -0.492 e. The van der Waals surface area contributed by atoms with E-state index in [2.05, 4.69) is 8.75 Å². The first kappa shape index (κ1) is 15.4. The van der Waals surface area contributed by atoms with Crippen LogP contribution in [-0.4, -0.2) is 34.6 Å². The lowest BCUT2D eigenvalue weighted by molar-refractivity contribution is 0.293. The quantitative estimate of drug-likeness (QED) is 0.697. The van der Waals surface area contributed by atoms with Crippen LogP contribution in [0.25, 0.3) is 11.0 Å². The summed E-state index contributed by atoms with van der Waals surface area (Å²) in [5.41, 5.74) is 1.39. The molecule has 0 N–H and O–H groups in total. The van der Waals surface area contributed by atoms with Crippen LogP contribution in [0.1, 0.15) is 5.56 Å². The molecule has 1 aliphatic rings. The van der Waals surface area contributed by atoms with Crippen molar-refractivity contribution >= 4 is 32.8 Å². The standard InChI is InChI=1S/C15H12FN3O3S2/c16-11-4-5-13-10(8-11)9-19(6-7-22-13)24(20,21)14-3-1-2-12-15(14)18-23-17-12/h1-5,8H,6-7,9H2. The maximum absolute atomic E-state index is 13.5. The van der Waals surface area contributed by atoms with Crippen molar-refractivity contribution in [2.45, 2.75) is 11.4 Å². The van der Waals surface area contributed by atoms with E-state index in [1.165, 1.54) is 28.6 Å². The van der Waals surface area contributed by atoms with Crippen LogP contribution in [0.2, 0.25) is 0 Å². The molecule has 24 heavy (non-hydrogen) atoms. The third-order valence-corrected chi connectivity index (χ3v) is 6.25. The molecule has 2 heterocycles. The van der Waals surface area contributed by atoms with E-state index in [4.69, 9.17) is 4.74 Å². The molecular formula is C15H12FN3O3S2. The van der Waals surface area contributed by atoms with Gasteiger partial charge in [-0.3, -0.25) is 0 Å². The molecule has 124 valence electrons. The van der Waals surface area contributed by atoms with Crippen LogP contribution in [0, 0.1) is 5.82 Å². The largest absolute Gasteiger partial charge is 0.492 e. The number of fused-ring (bicyclic) bond motifs is 2. The van der Waals surface area contributed by atoms with E-state index in [9.17, 15) is 12.8 Å². The zero-order valence-corrected chi connectivity index (χ0v) is 14.0. The Kier molecular flexibility index (Phi) is 3.70. The number of hydrogen-bond donors (Lipinski definition) is 0. The number of sulfonamides is 1. The van der Waals surface area contributed by atoms with Gasteiger partial charge in [-0.15, -0.1) is 0 Å². The summed E-state index contributed by atoms with van der Waals surface area (Å²) in [5.74, 6) is 0.0741. The molecule has 0 saturated heterocycles. The average molecular weight is 365 g/mol. The van der Waals surface area contributed by atoms with Crippen molar-refractivity contribution in [1.29, 1.82) is 0 Å². The number of ether oxygens (including phenoxy) is 1. The Balaban J connectivity index is 1.78. The molecule has 0 radical (unpaired) electrons. The zero-order chi connectivity index (χ0) is 16.7. The van der Waals surface area contributed by atoms with Gasteiger partial charge in [0.2, 0.25) is 10.0 Å². The van der Waals surface area contributed by atoms with Gasteiger partial charge in [-0.25, -0.2) is 12.8 Å². The molecule has 2 aromatic carbocycles. The Morgan fingerprint density at radius 1 is 1.21 bits per heavy atom. The Bertz CT molecular complexity index is 1020. The van der Waals surface area contributed by atoms with E-state index < -0.39 is 15.8 Å². The zero-order valence-electron chi connectivity index (χ0n) is 12.3. The second-order valence-electron chi connectivity index (χ2n) is 5.33. The summed E-state index contributed by atoms with van der Waals surface area (Å²) >= 11 is 0.967. The monoisotopic (exact) mass is 365 g/mol. The molecule has 4 rings (SSSR count). The van der Waals surface area contributed by atoms with Gasteiger partial charge in [-0.2, -0.15) is 13.1 Å². The van der Waals surface area contributed by atoms with Crippen molar-refractivity contribution in [3.63, 3.8) is 0 Å². The molecule has 0 saturated carbocycles. The van der Waals surface area contributed by atoms with E-state index in [1.54, 1.807) is 12.1 Å². The summed E-state index contributed by atoms with van der Waals surface area (Å²) in [6.07, 6.45) is 0. The van der Waals surface area contributed by atoms with Crippen LogP contribution in [0.4, 0.5) is 4.39 Å². The first-order valence-electron chi connectivity index (χ1n) is 7.18. The topological polar surface area (TPSA) is 72.4 Å². The molecular weight excluding hydrogens is 353 g/mol. The Morgan fingerprint density at radius 2 is 2.08 bits per heavy atom. The molecule has 0 bridgehead atoms. The molecule has 1 aromatic heterocycles. The SMILES string of the molecule is O=S(=O)(c1cccc2nsnc12)N1CCOc2ccc(F)cc2C1.